The molecule has 2 aromatic carbocycles. The fourth-order valence-electron chi connectivity index (χ4n) is 3.03. The first-order chi connectivity index (χ1) is 12.1. The molecule has 0 aliphatic carbocycles. The van der Waals surface area contributed by atoms with Crippen LogP contribution in [0.15, 0.2) is 59.0 Å². The van der Waals surface area contributed by atoms with Crippen molar-refractivity contribution in [2.45, 2.75) is 13.2 Å². The quantitative estimate of drug-likeness (QED) is 0.554. The lowest BCUT2D eigenvalue weighted by Crippen LogP contribution is -2.22. The summed E-state index contributed by atoms with van der Waals surface area (Å²) in [6, 6.07) is 17.7. The summed E-state index contributed by atoms with van der Waals surface area (Å²) in [5, 5.41) is 1.17. The van der Waals surface area contributed by atoms with Crippen LogP contribution < -0.4 is 4.90 Å². The van der Waals surface area contributed by atoms with Gasteiger partial charge in [0.1, 0.15) is 5.76 Å². The van der Waals surface area contributed by atoms with Crippen LogP contribution in [0.3, 0.4) is 0 Å². The van der Waals surface area contributed by atoms with E-state index in [1.807, 2.05) is 18.2 Å². The van der Waals surface area contributed by atoms with Crippen LogP contribution >= 0.6 is 23.2 Å². The molecule has 1 aliphatic rings. The summed E-state index contributed by atoms with van der Waals surface area (Å²) < 4.78 is 12.0. The Kier molecular flexibility index (Phi) is 4.46. The minimum atomic E-state index is -0.234. The lowest BCUT2D eigenvalue weighted by atomic mass is 10.2. The van der Waals surface area contributed by atoms with E-state index in [1.165, 1.54) is 5.56 Å². The minimum Gasteiger partial charge on any atom is -0.456 e. The van der Waals surface area contributed by atoms with Gasteiger partial charge in [0.05, 0.1) is 11.6 Å². The first kappa shape index (κ1) is 16.5. The van der Waals surface area contributed by atoms with Gasteiger partial charge in [-0.15, -0.1) is 0 Å². The maximum absolute atomic E-state index is 6.29. The Morgan fingerprint density at radius 2 is 1.80 bits per heavy atom. The molecule has 1 fully saturated rings. The van der Waals surface area contributed by atoms with Crippen LogP contribution in [0.5, 0.6) is 0 Å². The van der Waals surface area contributed by atoms with E-state index in [9.17, 15) is 0 Å². The standard InChI is InChI=1S/C20H17Cl2NO2/c1-13-2-5-15(6-3-13)23-10-11-24-20(23)19-9-8-18(25-19)16-7-4-14(21)12-17(16)22/h2-9,12,20H,10-11H2,1H3. The molecule has 1 aliphatic heterocycles. The summed E-state index contributed by atoms with van der Waals surface area (Å²) in [4.78, 5) is 2.20. The molecule has 0 amide bonds. The first-order valence-corrected chi connectivity index (χ1v) is 8.87. The summed E-state index contributed by atoms with van der Waals surface area (Å²) >= 11 is 12.3. The molecule has 0 N–H and O–H groups in total. The van der Waals surface area contributed by atoms with Gasteiger partial charge in [-0.3, -0.25) is 0 Å². The lowest BCUT2D eigenvalue weighted by molar-refractivity contribution is 0.0959. The molecule has 2 heterocycles. The highest BCUT2D eigenvalue weighted by molar-refractivity contribution is 6.36. The van der Waals surface area contributed by atoms with Gasteiger partial charge in [0.15, 0.2) is 12.0 Å². The molecule has 3 nitrogen and oxygen atoms in total. The Bertz CT molecular complexity index is 889. The lowest BCUT2D eigenvalue weighted by Gasteiger charge is -2.23. The molecule has 5 heteroatoms. The van der Waals surface area contributed by atoms with E-state index < -0.39 is 0 Å². The van der Waals surface area contributed by atoms with Crippen molar-refractivity contribution >= 4 is 28.9 Å². The molecule has 1 saturated heterocycles. The molecule has 0 radical (unpaired) electrons. The predicted octanol–water partition coefficient (Wildman–Crippen LogP) is 6.10. The summed E-state index contributed by atoms with van der Waals surface area (Å²) in [5.74, 6) is 1.47. The van der Waals surface area contributed by atoms with Crippen LogP contribution in [-0.2, 0) is 4.74 Å². The topological polar surface area (TPSA) is 25.6 Å². The molecule has 1 atom stereocenters. The Labute approximate surface area is 156 Å². The van der Waals surface area contributed by atoms with Gasteiger partial charge in [-0.2, -0.15) is 0 Å². The number of furan rings is 1. The maximum Gasteiger partial charge on any atom is 0.189 e. The zero-order valence-corrected chi connectivity index (χ0v) is 15.2. The second kappa shape index (κ2) is 6.75. The molecule has 4 rings (SSSR count). The first-order valence-electron chi connectivity index (χ1n) is 8.12. The van der Waals surface area contributed by atoms with E-state index in [0.29, 0.717) is 22.4 Å². The Balaban J connectivity index is 1.63. The molecule has 3 aromatic rings. The van der Waals surface area contributed by atoms with Gasteiger partial charge in [0.25, 0.3) is 0 Å². The van der Waals surface area contributed by atoms with Crippen LogP contribution in [0.25, 0.3) is 11.3 Å². The van der Waals surface area contributed by atoms with Gasteiger partial charge in [-0.05, 0) is 49.4 Å². The normalized spacial score (nSPS) is 17.2. The highest BCUT2D eigenvalue weighted by Crippen LogP contribution is 2.37. The van der Waals surface area contributed by atoms with Crippen molar-refractivity contribution in [3.05, 3.63) is 76.0 Å². The number of rotatable bonds is 3. The van der Waals surface area contributed by atoms with Crippen LogP contribution in [0, 0.1) is 6.92 Å². The second-order valence-electron chi connectivity index (χ2n) is 6.08. The third-order valence-electron chi connectivity index (χ3n) is 4.32. The van der Waals surface area contributed by atoms with Crippen molar-refractivity contribution in [1.29, 1.82) is 0 Å². The third kappa shape index (κ3) is 3.28. The Hall–Kier alpha value is -1.94. The number of nitrogens with zero attached hydrogens (tertiary/aromatic N) is 1. The van der Waals surface area contributed by atoms with Crippen molar-refractivity contribution in [3.8, 4) is 11.3 Å². The molecule has 0 saturated carbocycles. The largest absolute Gasteiger partial charge is 0.456 e. The second-order valence-corrected chi connectivity index (χ2v) is 6.92. The predicted molar refractivity (Wildman–Crippen MR) is 101 cm³/mol. The number of hydrogen-bond donors (Lipinski definition) is 0. The van der Waals surface area contributed by atoms with Gasteiger partial charge in [0, 0.05) is 22.8 Å². The number of benzene rings is 2. The SMILES string of the molecule is Cc1ccc(N2CCOC2c2ccc(-c3ccc(Cl)cc3Cl)o2)cc1. The average molecular weight is 374 g/mol. The molecule has 1 unspecified atom stereocenters. The Morgan fingerprint density at radius 1 is 1.00 bits per heavy atom. The monoisotopic (exact) mass is 373 g/mol. The maximum atomic E-state index is 6.29. The zero-order valence-electron chi connectivity index (χ0n) is 13.7. The molecule has 128 valence electrons. The molecular formula is C20H17Cl2NO2. The number of hydrogen-bond acceptors (Lipinski definition) is 3. The third-order valence-corrected chi connectivity index (χ3v) is 4.87. The van der Waals surface area contributed by atoms with E-state index in [0.717, 1.165) is 23.6 Å². The average Bonchev–Trinajstić information content (AvgIpc) is 3.24. The summed E-state index contributed by atoms with van der Waals surface area (Å²) in [6.07, 6.45) is -0.234. The van der Waals surface area contributed by atoms with Crippen LogP contribution in [-0.4, -0.2) is 13.2 Å². The Morgan fingerprint density at radius 3 is 2.56 bits per heavy atom. The van der Waals surface area contributed by atoms with Gasteiger partial charge >= 0.3 is 0 Å². The number of aryl methyl sites for hydroxylation is 1. The summed E-state index contributed by atoms with van der Waals surface area (Å²) in [5.41, 5.74) is 3.17. The number of ether oxygens (including phenoxy) is 1. The summed E-state index contributed by atoms with van der Waals surface area (Å²) in [7, 11) is 0. The van der Waals surface area contributed by atoms with E-state index in [1.54, 1.807) is 12.1 Å². The number of halogens is 2. The van der Waals surface area contributed by atoms with Crippen LogP contribution in [0.1, 0.15) is 17.6 Å². The smallest absolute Gasteiger partial charge is 0.189 e. The number of anilines is 1. The van der Waals surface area contributed by atoms with Crippen molar-refractivity contribution in [2.75, 3.05) is 18.1 Å². The van der Waals surface area contributed by atoms with E-state index in [2.05, 4.69) is 36.1 Å². The molecule has 25 heavy (non-hydrogen) atoms. The zero-order chi connectivity index (χ0) is 17.4. The van der Waals surface area contributed by atoms with Crippen molar-refractivity contribution in [3.63, 3.8) is 0 Å². The van der Waals surface area contributed by atoms with Gasteiger partial charge in [0.2, 0.25) is 0 Å². The highest BCUT2D eigenvalue weighted by atomic mass is 35.5. The van der Waals surface area contributed by atoms with Gasteiger partial charge < -0.3 is 14.1 Å². The fourth-order valence-corrected chi connectivity index (χ4v) is 3.53. The van der Waals surface area contributed by atoms with Crippen LogP contribution in [0.2, 0.25) is 10.0 Å². The molecular weight excluding hydrogens is 357 g/mol. The van der Waals surface area contributed by atoms with Crippen LogP contribution in [0.4, 0.5) is 5.69 Å². The van der Waals surface area contributed by atoms with E-state index in [-0.39, 0.29) is 6.23 Å². The van der Waals surface area contributed by atoms with E-state index in [4.69, 9.17) is 32.4 Å². The molecule has 0 bridgehead atoms. The van der Waals surface area contributed by atoms with Gasteiger partial charge in [-0.25, -0.2) is 0 Å². The van der Waals surface area contributed by atoms with E-state index >= 15 is 0 Å². The summed E-state index contributed by atoms with van der Waals surface area (Å²) in [6.45, 7) is 3.57. The van der Waals surface area contributed by atoms with Gasteiger partial charge in [-0.1, -0.05) is 40.9 Å². The van der Waals surface area contributed by atoms with Crippen molar-refractivity contribution in [2.24, 2.45) is 0 Å². The van der Waals surface area contributed by atoms with Crippen molar-refractivity contribution < 1.29 is 9.15 Å². The molecule has 1 aromatic heterocycles. The molecule has 0 spiro atoms. The minimum absolute atomic E-state index is 0.234. The fraction of sp³-hybridized carbons (Fsp3) is 0.200. The van der Waals surface area contributed by atoms with Crippen molar-refractivity contribution in [1.82, 2.24) is 0 Å². The highest BCUT2D eigenvalue weighted by Gasteiger charge is 2.30.